The van der Waals surface area contributed by atoms with Crippen LogP contribution in [0, 0.1) is 11.8 Å². The van der Waals surface area contributed by atoms with Gasteiger partial charge in [-0.25, -0.2) is 9.78 Å². The van der Waals surface area contributed by atoms with Crippen LogP contribution in [0.3, 0.4) is 0 Å². The van der Waals surface area contributed by atoms with Gasteiger partial charge in [0.15, 0.2) is 0 Å². The highest BCUT2D eigenvalue weighted by atomic mass is 79.9. The molecule has 1 aromatic rings. The standard InChI is InChI=1S/C22H26BrNO4S/c1-15-7-6-10-22(26)28-19(12-16(2)23)13-20-24-18(14-29-20)8-4-5-9-21(25)27-17(3)11-15/h7,12,14,17,19H,4-5,8-9,11,13H2,1-3H3/b15-7+,16-12+/t17-,19+/m0/s1. The van der Waals surface area contributed by atoms with Gasteiger partial charge in [0.1, 0.15) is 12.2 Å². The number of aryl methyl sites for hydroxylation is 1. The smallest absolute Gasteiger partial charge is 0.385 e. The number of aromatic nitrogens is 1. The van der Waals surface area contributed by atoms with Crippen molar-refractivity contribution in [3.63, 3.8) is 0 Å². The Hall–Kier alpha value is -1.91. The van der Waals surface area contributed by atoms with E-state index in [4.69, 9.17) is 9.47 Å². The number of hydrogen-bond acceptors (Lipinski definition) is 6. The summed E-state index contributed by atoms with van der Waals surface area (Å²) in [6.07, 6.45) is 6.77. The predicted octanol–water partition coefficient (Wildman–Crippen LogP) is 4.89. The lowest BCUT2D eigenvalue weighted by Crippen LogP contribution is -2.17. The van der Waals surface area contributed by atoms with Gasteiger partial charge in [0.05, 0.1) is 10.7 Å². The summed E-state index contributed by atoms with van der Waals surface area (Å²) < 4.78 is 11.8. The van der Waals surface area contributed by atoms with E-state index in [0.717, 1.165) is 40.0 Å². The van der Waals surface area contributed by atoms with Crippen LogP contribution in [0.2, 0.25) is 0 Å². The summed E-state index contributed by atoms with van der Waals surface area (Å²) in [5.74, 6) is 4.46. The second-order valence-electron chi connectivity index (χ2n) is 7.11. The SMILES string of the molecule is C/C(Br)=C\[C@@H]1Cc2nc(cs2)CCCCC(=O)O[C@@H](C)C/C(C)=C/C#CC(=O)O1. The van der Waals surface area contributed by atoms with Crippen molar-refractivity contribution in [1.82, 2.24) is 4.98 Å². The average molecular weight is 480 g/mol. The lowest BCUT2D eigenvalue weighted by atomic mass is 10.1. The Morgan fingerprint density at radius 1 is 1.28 bits per heavy atom. The molecule has 7 heteroatoms. The van der Waals surface area contributed by atoms with Crippen LogP contribution in [-0.2, 0) is 31.9 Å². The van der Waals surface area contributed by atoms with Crippen molar-refractivity contribution in [2.24, 2.45) is 0 Å². The monoisotopic (exact) mass is 479 g/mol. The molecule has 2 rings (SSSR count). The maximum absolute atomic E-state index is 12.1. The quantitative estimate of drug-likeness (QED) is 0.325. The molecule has 0 aliphatic carbocycles. The fraction of sp³-hybridized carbons (Fsp3) is 0.500. The minimum atomic E-state index is -0.585. The highest BCUT2D eigenvalue weighted by molar-refractivity contribution is 9.11. The van der Waals surface area contributed by atoms with E-state index < -0.39 is 12.1 Å². The van der Waals surface area contributed by atoms with Crippen molar-refractivity contribution >= 4 is 39.2 Å². The van der Waals surface area contributed by atoms with Crippen molar-refractivity contribution in [2.75, 3.05) is 0 Å². The summed E-state index contributed by atoms with van der Waals surface area (Å²) in [5, 5.41) is 2.92. The molecule has 1 aliphatic rings. The molecule has 0 fully saturated rings. The Bertz CT molecular complexity index is 842. The molecule has 2 heterocycles. The number of cyclic esters (lactones) is 2. The topological polar surface area (TPSA) is 65.5 Å². The van der Waals surface area contributed by atoms with Crippen LogP contribution in [0.1, 0.15) is 57.2 Å². The molecule has 0 saturated carbocycles. The molecular formula is C22H26BrNO4S. The molecule has 156 valence electrons. The van der Waals surface area contributed by atoms with Gasteiger partial charge in [0, 0.05) is 30.6 Å². The van der Waals surface area contributed by atoms with Crippen LogP contribution in [-0.4, -0.2) is 29.1 Å². The molecular weight excluding hydrogens is 454 g/mol. The fourth-order valence-corrected chi connectivity index (χ4v) is 4.09. The molecule has 0 saturated heterocycles. The summed E-state index contributed by atoms with van der Waals surface area (Å²) in [6.45, 7) is 5.64. The molecule has 0 amide bonds. The van der Waals surface area contributed by atoms with E-state index in [-0.39, 0.29) is 12.1 Å². The number of fused-ring (bicyclic) bond motifs is 2. The number of nitrogens with zero attached hydrogens (tertiary/aromatic N) is 1. The van der Waals surface area contributed by atoms with Crippen LogP contribution in [0.4, 0.5) is 0 Å². The Morgan fingerprint density at radius 3 is 2.79 bits per heavy atom. The van der Waals surface area contributed by atoms with Crippen LogP contribution >= 0.6 is 27.3 Å². The molecule has 1 aliphatic heterocycles. The third kappa shape index (κ3) is 9.42. The number of carbonyl (C=O) groups excluding carboxylic acids is 2. The Balaban J connectivity index is 2.18. The van der Waals surface area contributed by atoms with E-state index in [1.807, 2.05) is 32.2 Å². The molecule has 0 radical (unpaired) electrons. The minimum absolute atomic E-state index is 0.184. The van der Waals surface area contributed by atoms with Crippen molar-refractivity contribution in [1.29, 1.82) is 0 Å². The Labute approximate surface area is 184 Å². The van der Waals surface area contributed by atoms with Gasteiger partial charge in [-0.2, -0.15) is 0 Å². The first kappa shape index (κ1) is 23.4. The van der Waals surface area contributed by atoms with E-state index in [1.54, 1.807) is 17.4 Å². The van der Waals surface area contributed by atoms with Crippen LogP contribution in [0.25, 0.3) is 0 Å². The number of carbonyl (C=O) groups is 2. The normalized spacial score (nSPS) is 24.6. The average Bonchev–Trinajstić information content (AvgIpc) is 3.04. The van der Waals surface area contributed by atoms with Gasteiger partial charge in [-0.3, -0.25) is 4.79 Å². The second kappa shape index (κ2) is 11.9. The maximum Gasteiger partial charge on any atom is 0.385 e. The summed E-state index contributed by atoms with van der Waals surface area (Å²) in [6, 6.07) is 0. The number of rotatable bonds is 1. The van der Waals surface area contributed by atoms with E-state index >= 15 is 0 Å². The fourth-order valence-electron chi connectivity index (χ4n) is 2.92. The number of halogens is 1. The number of allylic oxidation sites excluding steroid dienone is 2. The van der Waals surface area contributed by atoms with Crippen LogP contribution in [0.15, 0.2) is 27.6 Å². The molecule has 0 N–H and O–H groups in total. The van der Waals surface area contributed by atoms with Crippen molar-refractivity contribution < 1.29 is 19.1 Å². The highest BCUT2D eigenvalue weighted by Crippen LogP contribution is 2.18. The van der Waals surface area contributed by atoms with E-state index in [2.05, 4.69) is 32.8 Å². The maximum atomic E-state index is 12.1. The first-order chi connectivity index (χ1) is 13.8. The molecule has 5 nitrogen and oxygen atoms in total. The number of esters is 2. The van der Waals surface area contributed by atoms with E-state index in [9.17, 15) is 9.59 Å². The zero-order valence-electron chi connectivity index (χ0n) is 17.0. The van der Waals surface area contributed by atoms with E-state index in [1.165, 1.54) is 0 Å². The van der Waals surface area contributed by atoms with Gasteiger partial charge in [0.2, 0.25) is 0 Å². The van der Waals surface area contributed by atoms with Gasteiger partial charge in [-0.05, 0) is 56.7 Å². The molecule has 0 unspecified atom stereocenters. The molecule has 29 heavy (non-hydrogen) atoms. The van der Waals surface area contributed by atoms with Gasteiger partial charge >= 0.3 is 11.9 Å². The van der Waals surface area contributed by atoms with Crippen molar-refractivity contribution in [2.45, 2.75) is 71.5 Å². The van der Waals surface area contributed by atoms with Crippen molar-refractivity contribution in [3.8, 4) is 11.8 Å². The molecule has 2 bridgehead atoms. The number of thiazole rings is 1. The summed E-state index contributed by atoms with van der Waals surface area (Å²) in [5.41, 5.74) is 1.93. The summed E-state index contributed by atoms with van der Waals surface area (Å²) >= 11 is 4.95. The largest absolute Gasteiger partial charge is 0.462 e. The molecule has 0 aromatic carbocycles. The second-order valence-corrected chi connectivity index (χ2v) is 9.30. The first-order valence-electron chi connectivity index (χ1n) is 9.66. The van der Waals surface area contributed by atoms with Crippen molar-refractivity contribution in [3.05, 3.63) is 38.3 Å². The predicted molar refractivity (Wildman–Crippen MR) is 118 cm³/mol. The molecule has 0 spiro atoms. The number of hydrogen-bond donors (Lipinski definition) is 0. The van der Waals surface area contributed by atoms with Gasteiger partial charge in [0.25, 0.3) is 0 Å². The third-order valence-electron chi connectivity index (χ3n) is 4.15. The minimum Gasteiger partial charge on any atom is -0.462 e. The summed E-state index contributed by atoms with van der Waals surface area (Å²) in [4.78, 5) is 28.7. The van der Waals surface area contributed by atoms with Gasteiger partial charge in [-0.1, -0.05) is 27.4 Å². The Morgan fingerprint density at radius 2 is 2.03 bits per heavy atom. The lowest BCUT2D eigenvalue weighted by Gasteiger charge is -2.13. The van der Waals surface area contributed by atoms with E-state index in [0.29, 0.717) is 19.3 Å². The van der Waals surface area contributed by atoms with Gasteiger partial charge < -0.3 is 9.47 Å². The molecule has 1 aromatic heterocycles. The zero-order chi connectivity index (χ0) is 21.2. The Kier molecular flexibility index (Phi) is 9.62. The summed E-state index contributed by atoms with van der Waals surface area (Å²) in [7, 11) is 0. The van der Waals surface area contributed by atoms with Gasteiger partial charge in [-0.15, -0.1) is 11.3 Å². The molecule has 2 atom stereocenters. The van der Waals surface area contributed by atoms with Crippen LogP contribution in [0.5, 0.6) is 0 Å². The first-order valence-corrected chi connectivity index (χ1v) is 11.3. The number of ether oxygens (including phenoxy) is 2. The lowest BCUT2D eigenvalue weighted by molar-refractivity contribution is -0.148. The highest BCUT2D eigenvalue weighted by Gasteiger charge is 2.15. The van der Waals surface area contributed by atoms with Crippen LogP contribution < -0.4 is 0 Å². The zero-order valence-corrected chi connectivity index (χ0v) is 19.4. The third-order valence-corrected chi connectivity index (χ3v) is 5.33.